The standard InChI is InChI=1S/C19H38O4/c1-2-3-4-5-6-7-8-9-10-11-12-16(21)18-13-14-19(23-18)17(22)15-20/h16-22H,2-15H2,1H3. The zero-order chi connectivity index (χ0) is 16.9. The zero-order valence-electron chi connectivity index (χ0n) is 15.0. The molecule has 0 bridgehead atoms. The van der Waals surface area contributed by atoms with Crippen molar-refractivity contribution in [3.63, 3.8) is 0 Å². The van der Waals surface area contributed by atoms with Gasteiger partial charge in [0.15, 0.2) is 0 Å². The second kappa shape index (κ2) is 13.2. The second-order valence-electron chi connectivity index (χ2n) is 7.08. The molecule has 4 heteroatoms. The Bertz CT molecular complexity index is 272. The molecule has 3 N–H and O–H groups in total. The molecule has 23 heavy (non-hydrogen) atoms. The summed E-state index contributed by atoms with van der Waals surface area (Å²) in [6.45, 7) is 1.98. The summed E-state index contributed by atoms with van der Waals surface area (Å²) in [4.78, 5) is 0. The molecule has 138 valence electrons. The lowest BCUT2D eigenvalue weighted by atomic mass is 10.0. The highest BCUT2D eigenvalue weighted by Crippen LogP contribution is 2.26. The van der Waals surface area contributed by atoms with Crippen molar-refractivity contribution in [1.82, 2.24) is 0 Å². The van der Waals surface area contributed by atoms with E-state index in [1.165, 1.54) is 57.8 Å². The van der Waals surface area contributed by atoms with Gasteiger partial charge in [-0.25, -0.2) is 0 Å². The van der Waals surface area contributed by atoms with Crippen LogP contribution in [-0.2, 0) is 4.74 Å². The molecule has 0 aliphatic carbocycles. The quantitative estimate of drug-likeness (QED) is 0.426. The maximum Gasteiger partial charge on any atom is 0.103 e. The van der Waals surface area contributed by atoms with Crippen molar-refractivity contribution in [3.8, 4) is 0 Å². The first-order valence-corrected chi connectivity index (χ1v) is 9.81. The maximum atomic E-state index is 10.2. The highest BCUT2D eigenvalue weighted by Gasteiger charge is 2.33. The largest absolute Gasteiger partial charge is 0.394 e. The summed E-state index contributed by atoms with van der Waals surface area (Å²) in [5, 5.41) is 28.7. The van der Waals surface area contributed by atoms with E-state index in [0.29, 0.717) is 0 Å². The van der Waals surface area contributed by atoms with E-state index in [4.69, 9.17) is 9.84 Å². The first-order valence-electron chi connectivity index (χ1n) is 9.81. The van der Waals surface area contributed by atoms with Crippen molar-refractivity contribution in [2.75, 3.05) is 6.61 Å². The van der Waals surface area contributed by atoms with Gasteiger partial charge in [-0.1, -0.05) is 71.1 Å². The number of hydrogen-bond donors (Lipinski definition) is 3. The first kappa shape index (κ1) is 20.9. The summed E-state index contributed by atoms with van der Waals surface area (Å²) in [5.74, 6) is 0. The predicted molar refractivity (Wildman–Crippen MR) is 93.5 cm³/mol. The van der Waals surface area contributed by atoms with Crippen LogP contribution in [-0.4, -0.2) is 46.3 Å². The third-order valence-corrected chi connectivity index (χ3v) is 4.98. The zero-order valence-corrected chi connectivity index (χ0v) is 15.0. The van der Waals surface area contributed by atoms with E-state index in [1.54, 1.807) is 0 Å². The second-order valence-corrected chi connectivity index (χ2v) is 7.08. The molecule has 4 atom stereocenters. The monoisotopic (exact) mass is 330 g/mol. The van der Waals surface area contributed by atoms with Crippen molar-refractivity contribution in [3.05, 3.63) is 0 Å². The van der Waals surface area contributed by atoms with Crippen molar-refractivity contribution in [2.24, 2.45) is 0 Å². The Balaban J connectivity index is 1.93. The van der Waals surface area contributed by atoms with Gasteiger partial charge >= 0.3 is 0 Å². The molecule has 1 fully saturated rings. The van der Waals surface area contributed by atoms with Crippen LogP contribution >= 0.6 is 0 Å². The van der Waals surface area contributed by atoms with Crippen LogP contribution in [0.5, 0.6) is 0 Å². The Kier molecular flexibility index (Phi) is 12.0. The van der Waals surface area contributed by atoms with Gasteiger partial charge in [-0.2, -0.15) is 0 Å². The third kappa shape index (κ3) is 9.04. The fourth-order valence-electron chi connectivity index (χ4n) is 3.40. The van der Waals surface area contributed by atoms with E-state index < -0.39 is 12.2 Å². The van der Waals surface area contributed by atoms with Gasteiger partial charge in [-0.05, 0) is 19.3 Å². The van der Waals surface area contributed by atoms with E-state index in [9.17, 15) is 10.2 Å². The van der Waals surface area contributed by atoms with Crippen LogP contribution in [0.15, 0.2) is 0 Å². The molecule has 4 unspecified atom stereocenters. The summed E-state index contributed by atoms with van der Waals surface area (Å²) in [5.41, 5.74) is 0. The van der Waals surface area contributed by atoms with Gasteiger partial charge < -0.3 is 20.1 Å². The minimum atomic E-state index is -0.815. The van der Waals surface area contributed by atoms with Gasteiger partial charge in [0.05, 0.1) is 24.9 Å². The Morgan fingerprint density at radius 2 is 1.26 bits per heavy atom. The lowest BCUT2D eigenvalue weighted by molar-refractivity contribution is -0.0873. The van der Waals surface area contributed by atoms with Crippen molar-refractivity contribution in [1.29, 1.82) is 0 Å². The molecular weight excluding hydrogens is 292 g/mol. The fourth-order valence-corrected chi connectivity index (χ4v) is 3.40. The summed E-state index contributed by atoms with van der Waals surface area (Å²) in [6, 6.07) is 0. The summed E-state index contributed by atoms with van der Waals surface area (Å²) in [7, 11) is 0. The predicted octanol–water partition coefficient (Wildman–Crippen LogP) is 3.56. The van der Waals surface area contributed by atoms with E-state index in [-0.39, 0.29) is 18.8 Å². The van der Waals surface area contributed by atoms with Crippen LogP contribution in [0.3, 0.4) is 0 Å². The van der Waals surface area contributed by atoms with Gasteiger partial charge in [-0.3, -0.25) is 0 Å². The Labute approximate surface area is 142 Å². The highest BCUT2D eigenvalue weighted by atomic mass is 16.5. The Hall–Kier alpha value is -0.160. The summed E-state index contributed by atoms with van der Waals surface area (Å²) < 4.78 is 5.66. The van der Waals surface area contributed by atoms with Crippen LogP contribution in [0.1, 0.15) is 90.4 Å². The molecule has 0 aromatic heterocycles. The van der Waals surface area contributed by atoms with E-state index in [0.717, 1.165) is 25.7 Å². The molecule has 0 aromatic rings. The van der Waals surface area contributed by atoms with Crippen molar-refractivity contribution < 1.29 is 20.1 Å². The highest BCUT2D eigenvalue weighted by molar-refractivity contribution is 4.82. The third-order valence-electron chi connectivity index (χ3n) is 4.98. The molecule has 0 amide bonds. The van der Waals surface area contributed by atoms with Gasteiger partial charge in [-0.15, -0.1) is 0 Å². The van der Waals surface area contributed by atoms with Gasteiger partial charge in [0.25, 0.3) is 0 Å². The van der Waals surface area contributed by atoms with Crippen LogP contribution < -0.4 is 0 Å². The fraction of sp³-hybridized carbons (Fsp3) is 1.00. The minimum Gasteiger partial charge on any atom is -0.394 e. The SMILES string of the molecule is CCCCCCCCCCCCC(O)C1CCC(C(O)CO)O1. The molecule has 0 radical (unpaired) electrons. The molecule has 1 heterocycles. The van der Waals surface area contributed by atoms with Crippen LogP contribution in [0, 0.1) is 0 Å². The Morgan fingerprint density at radius 1 is 0.783 bits per heavy atom. The van der Waals surface area contributed by atoms with Gasteiger partial charge in [0.1, 0.15) is 6.10 Å². The van der Waals surface area contributed by atoms with Crippen LogP contribution in [0.25, 0.3) is 0 Å². The number of rotatable bonds is 14. The van der Waals surface area contributed by atoms with Crippen LogP contribution in [0.4, 0.5) is 0 Å². The topological polar surface area (TPSA) is 69.9 Å². The summed E-state index contributed by atoms with van der Waals surface area (Å²) in [6.07, 6.45) is 13.5. The molecule has 4 nitrogen and oxygen atoms in total. The molecule has 1 rings (SSSR count). The number of aliphatic hydroxyl groups is 3. The molecule has 1 aliphatic rings. The lowest BCUT2D eigenvalue weighted by Gasteiger charge is -2.21. The normalized spacial score (nSPS) is 24.0. The van der Waals surface area contributed by atoms with Gasteiger partial charge in [0, 0.05) is 0 Å². The number of hydrogen-bond acceptors (Lipinski definition) is 4. The van der Waals surface area contributed by atoms with Crippen LogP contribution in [0.2, 0.25) is 0 Å². The number of ether oxygens (including phenoxy) is 1. The molecule has 1 aliphatic heterocycles. The molecular formula is C19H38O4. The van der Waals surface area contributed by atoms with E-state index in [2.05, 4.69) is 6.92 Å². The first-order chi connectivity index (χ1) is 11.2. The average Bonchev–Trinajstić information content (AvgIpc) is 3.05. The lowest BCUT2D eigenvalue weighted by Crippen LogP contribution is -2.32. The molecule has 0 saturated carbocycles. The number of aliphatic hydroxyl groups excluding tert-OH is 3. The average molecular weight is 331 g/mol. The minimum absolute atomic E-state index is 0.167. The van der Waals surface area contributed by atoms with Crippen molar-refractivity contribution >= 4 is 0 Å². The maximum absolute atomic E-state index is 10.2. The number of unbranched alkanes of at least 4 members (excludes halogenated alkanes) is 9. The van der Waals surface area contributed by atoms with Crippen molar-refractivity contribution in [2.45, 2.75) is 115 Å². The Morgan fingerprint density at radius 3 is 1.78 bits per heavy atom. The van der Waals surface area contributed by atoms with Gasteiger partial charge in [0.2, 0.25) is 0 Å². The van der Waals surface area contributed by atoms with E-state index in [1.807, 2.05) is 0 Å². The smallest absolute Gasteiger partial charge is 0.103 e. The van der Waals surface area contributed by atoms with E-state index >= 15 is 0 Å². The summed E-state index contributed by atoms with van der Waals surface area (Å²) >= 11 is 0. The molecule has 1 saturated heterocycles. The molecule has 0 spiro atoms. The molecule has 0 aromatic carbocycles.